The standard InChI is InChI=1S/C9H15N3O/c1-7-2-3-9(13)8(4-7)12-6-10-5-11-12/h5-9,13H,2-4H2,1H3. The topological polar surface area (TPSA) is 50.9 Å². The van der Waals surface area contributed by atoms with Crippen LogP contribution in [0, 0.1) is 5.92 Å². The molecular weight excluding hydrogens is 166 g/mol. The Hall–Kier alpha value is -0.900. The van der Waals surface area contributed by atoms with E-state index in [4.69, 9.17) is 0 Å². The van der Waals surface area contributed by atoms with Crippen LogP contribution in [0.5, 0.6) is 0 Å². The summed E-state index contributed by atoms with van der Waals surface area (Å²) in [5, 5.41) is 13.8. The Morgan fingerprint density at radius 1 is 1.46 bits per heavy atom. The molecule has 3 atom stereocenters. The third-order valence-corrected chi connectivity index (χ3v) is 2.82. The molecule has 0 bridgehead atoms. The minimum absolute atomic E-state index is 0.131. The van der Waals surface area contributed by atoms with Gasteiger partial charge in [0.2, 0.25) is 0 Å². The van der Waals surface area contributed by atoms with Gasteiger partial charge in [-0.25, -0.2) is 9.67 Å². The molecule has 1 N–H and O–H groups in total. The number of hydrogen-bond acceptors (Lipinski definition) is 3. The highest BCUT2D eigenvalue weighted by Crippen LogP contribution is 2.31. The number of aromatic nitrogens is 3. The number of hydrogen-bond donors (Lipinski definition) is 1. The molecule has 1 saturated carbocycles. The Balaban J connectivity index is 2.12. The number of rotatable bonds is 1. The summed E-state index contributed by atoms with van der Waals surface area (Å²) in [6, 6.07) is 0.131. The van der Waals surface area contributed by atoms with E-state index in [2.05, 4.69) is 17.0 Å². The van der Waals surface area contributed by atoms with E-state index >= 15 is 0 Å². The molecule has 0 aromatic carbocycles. The molecule has 0 radical (unpaired) electrons. The van der Waals surface area contributed by atoms with Crippen molar-refractivity contribution < 1.29 is 5.11 Å². The lowest BCUT2D eigenvalue weighted by molar-refractivity contribution is 0.0518. The predicted octanol–water partition coefficient (Wildman–Crippen LogP) is 1.00. The molecule has 0 saturated heterocycles. The van der Waals surface area contributed by atoms with Crippen molar-refractivity contribution in [3.8, 4) is 0 Å². The lowest BCUT2D eigenvalue weighted by Gasteiger charge is -2.31. The maximum absolute atomic E-state index is 9.77. The minimum atomic E-state index is -0.252. The van der Waals surface area contributed by atoms with E-state index in [-0.39, 0.29) is 12.1 Å². The number of aliphatic hydroxyl groups excluding tert-OH is 1. The zero-order chi connectivity index (χ0) is 9.26. The Morgan fingerprint density at radius 2 is 2.31 bits per heavy atom. The van der Waals surface area contributed by atoms with Crippen LogP contribution >= 0.6 is 0 Å². The average molecular weight is 181 g/mol. The molecule has 0 amide bonds. The van der Waals surface area contributed by atoms with Gasteiger partial charge in [0.25, 0.3) is 0 Å². The van der Waals surface area contributed by atoms with Crippen LogP contribution in [-0.4, -0.2) is 26.0 Å². The van der Waals surface area contributed by atoms with Crippen LogP contribution in [0.1, 0.15) is 32.2 Å². The lowest BCUT2D eigenvalue weighted by Crippen LogP contribution is -2.31. The maximum Gasteiger partial charge on any atom is 0.137 e. The molecule has 1 aliphatic carbocycles. The van der Waals surface area contributed by atoms with E-state index in [0.29, 0.717) is 5.92 Å². The van der Waals surface area contributed by atoms with Crippen LogP contribution in [0.4, 0.5) is 0 Å². The SMILES string of the molecule is CC1CCC(O)C(n2cncn2)C1. The van der Waals surface area contributed by atoms with E-state index < -0.39 is 0 Å². The van der Waals surface area contributed by atoms with Gasteiger partial charge in [-0.3, -0.25) is 0 Å². The van der Waals surface area contributed by atoms with Crippen LogP contribution < -0.4 is 0 Å². The Bertz CT molecular complexity index is 260. The van der Waals surface area contributed by atoms with Gasteiger partial charge in [0.15, 0.2) is 0 Å². The van der Waals surface area contributed by atoms with Crippen molar-refractivity contribution in [3.05, 3.63) is 12.7 Å². The summed E-state index contributed by atoms with van der Waals surface area (Å²) in [4.78, 5) is 3.90. The van der Waals surface area contributed by atoms with E-state index in [9.17, 15) is 5.11 Å². The molecule has 13 heavy (non-hydrogen) atoms. The summed E-state index contributed by atoms with van der Waals surface area (Å²) >= 11 is 0. The van der Waals surface area contributed by atoms with E-state index in [1.807, 2.05) is 0 Å². The Morgan fingerprint density at radius 3 is 3.00 bits per heavy atom. The van der Waals surface area contributed by atoms with Crippen molar-refractivity contribution in [2.45, 2.75) is 38.3 Å². The first kappa shape index (κ1) is 8.69. The fraction of sp³-hybridized carbons (Fsp3) is 0.778. The first-order valence-corrected chi connectivity index (χ1v) is 4.79. The van der Waals surface area contributed by atoms with Crippen molar-refractivity contribution >= 4 is 0 Å². The molecular formula is C9H15N3O. The molecule has 4 nitrogen and oxygen atoms in total. The van der Waals surface area contributed by atoms with Gasteiger partial charge in [-0.2, -0.15) is 5.10 Å². The van der Waals surface area contributed by atoms with Crippen LogP contribution in [-0.2, 0) is 0 Å². The van der Waals surface area contributed by atoms with Gasteiger partial charge in [0.1, 0.15) is 12.7 Å². The maximum atomic E-state index is 9.77. The van der Waals surface area contributed by atoms with Gasteiger partial charge in [-0.05, 0) is 25.2 Å². The molecule has 4 heteroatoms. The number of aliphatic hydroxyl groups is 1. The second-order valence-electron chi connectivity index (χ2n) is 3.93. The largest absolute Gasteiger partial charge is 0.391 e. The Labute approximate surface area is 77.6 Å². The highest BCUT2D eigenvalue weighted by Gasteiger charge is 2.28. The van der Waals surface area contributed by atoms with Gasteiger partial charge in [0.05, 0.1) is 12.1 Å². The van der Waals surface area contributed by atoms with E-state index in [0.717, 1.165) is 19.3 Å². The molecule has 3 unspecified atom stereocenters. The van der Waals surface area contributed by atoms with E-state index in [1.165, 1.54) is 6.33 Å². The van der Waals surface area contributed by atoms with Gasteiger partial charge in [0, 0.05) is 0 Å². The summed E-state index contributed by atoms with van der Waals surface area (Å²) in [6.45, 7) is 2.22. The normalized spacial score (nSPS) is 34.8. The molecule has 1 fully saturated rings. The highest BCUT2D eigenvalue weighted by atomic mass is 16.3. The summed E-state index contributed by atoms with van der Waals surface area (Å²) in [6.07, 6.45) is 5.96. The molecule has 2 rings (SSSR count). The summed E-state index contributed by atoms with van der Waals surface area (Å²) < 4.78 is 1.78. The van der Waals surface area contributed by atoms with Crippen LogP contribution in [0.15, 0.2) is 12.7 Å². The smallest absolute Gasteiger partial charge is 0.137 e. The van der Waals surface area contributed by atoms with Crippen molar-refractivity contribution in [2.24, 2.45) is 5.92 Å². The van der Waals surface area contributed by atoms with Crippen molar-refractivity contribution in [1.29, 1.82) is 0 Å². The predicted molar refractivity (Wildman–Crippen MR) is 48.1 cm³/mol. The fourth-order valence-electron chi connectivity index (χ4n) is 2.01. The van der Waals surface area contributed by atoms with Gasteiger partial charge >= 0.3 is 0 Å². The van der Waals surface area contributed by atoms with Crippen LogP contribution in [0.25, 0.3) is 0 Å². The summed E-state index contributed by atoms with van der Waals surface area (Å²) in [5.74, 6) is 0.678. The van der Waals surface area contributed by atoms with E-state index in [1.54, 1.807) is 11.0 Å². The van der Waals surface area contributed by atoms with Crippen molar-refractivity contribution in [3.63, 3.8) is 0 Å². The third kappa shape index (κ3) is 1.72. The van der Waals surface area contributed by atoms with Gasteiger partial charge in [-0.15, -0.1) is 0 Å². The first-order chi connectivity index (χ1) is 6.27. The summed E-state index contributed by atoms with van der Waals surface area (Å²) in [7, 11) is 0. The Kier molecular flexibility index (Phi) is 2.31. The zero-order valence-electron chi connectivity index (χ0n) is 7.80. The molecule has 1 aromatic rings. The quantitative estimate of drug-likeness (QED) is 0.703. The molecule has 72 valence electrons. The lowest BCUT2D eigenvalue weighted by atomic mass is 9.85. The fourth-order valence-corrected chi connectivity index (χ4v) is 2.01. The second-order valence-corrected chi connectivity index (χ2v) is 3.93. The second kappa shape index (κ2) is 3.46. The van der Waals surface area contributed by atoms with Crippen LogP contribution in [0.2, 0.25) is 0 Å². The summed E-state index contributed by atoms with van der Waals surface area (Å²) in [5.41, 5.74) is 0. The van der Waals surface area contributed by atoms with Crippen molar-refractivity contribution in [2.75, 3.05) is 0 Å². The molecule has 0 aliphatic heterocycles. The highest BCUT2D eigenvalue weighted by molar-refractivity contribution is 4.82. The third-order valence-electron chi connectivity index (χ3n) is 2.82. The van der Waals surface area contributed by atoms with Crippen molar-refractivity contribution in [1.82, 2.24) is 14.8 Å². The van der Waals surface area contributed by atoms with Gasteiger partial charge < -0.3 is 5.11 Å². The number of nitrogens with zero attached hydrogens (tertiary/aromatic N) is 3. The zero-order valence-corrected chi connectivity index (χ0v) is 7.80. The van der Waals surface area contributed by atoms with Gasteiger partial charge in [-0.1, -0.05) is 6.92 Å². The van der Waals surface area contributed by atoms with Crippen LogP contribution in [0.3, 0.4) is 0 Å². The molecule has 1 aliphatic rings. The molecule has 1 aromatic heterocycles. The minimum Gasteiger partial charge on any atom is -0.391 e. The monoisotopic (exact) mass is 181 g/mol. The molecule has 0 spiro atoms. The average Bonchev–Trinajstić information content (AvgIpc) is 2.61. The molecule has 1 heterocycles. The first-order valence-electron chi connectivity index (χ1n) is 4.79.